The first-order valence-corrected chi connectivity index (χ1v) is 6.37. The fourth-order valence-electron chi connectivity index (χ4n) is 1.78. The SMILES string of the molecule is COc1ccc(Nc2cc(Cl)ncc2C(N)=O)c(OC)c1. The molecule has 7 heteroatoms. The van der Waals surface area contributed by atoms with Gasteiger partial charge in [-0.2, -0.15) is 0 Å². The molecule has 0 saturated heterocycles. The van der Waals surface area contributed by atoms with Crippen LogP contribution in [-0.4, -0.2) is 25.1 Å². The van der Waals surface area contributed by atoms with Crippen LogP contribution in [0.15, 0.2) is 30.5 Å². The van der Waals surface area contributed by atoms with Crippen molar-refractivity contribution in [3.05, 3.63) is 41.2 Å². The number of methoxy groups -OCH3 is 2. The zero-order chi connectivity index (χ0) is 15.4. The lowest BCUT2D eigenvalue weighted by Gasteiger charge is -2.14. The van der Waals surface area contributed by atoms with Gasteiger partial charge in [-0.05, 0) is 18.2 Å². The van der Waals surface area contributed by atoms with Gasteiger partial charge in [0.2, 0.25) is 0 Å². The highest BCUT2D eigenvalue weighted by molar-refractivity contribution is 6.29. The minimum Gasteiger partial charge on any atom is -0.497 e. The minimum atomic E-state index is -0.603. The van der Waals surface area contributed by atoms with E-state index in [4.69, 9.17) is 26.8 Å². The standard InChI is InChI=1S/C14H14ClN3O3/c1-20-8-3-4-10(12(5-8)21-2)18-11-6-13(15)17-7-9(11)14(16)19/h3-7H,1-2H3,(H2,16,19)(H,17,18). The van der Waals surface area contributed by atoms with Gasteiger partial charge in [-0.25, -0.2) is 4.98 Å². The van der Waals surface area contributed by atoms with Crippen molar-refractivity contribution in [3.8, 4) is 11.5 Å². The topological polar surface area (TPSA) is 86.5 Å². The van der Waals surface area contributed by atoms with Gasteiger partial charge in [0.15, 0.2) is 0 Å². The zero-order valence-electron chi connectivity index (χ0n) is 11.5. The van der Waals surface area contributed by atoms with Crippen molar-refractivity contribution in [2.45, 2.75) is 0 Å². The van der Waals surface area contributed by atoms with Gasteiger partial charge in [0, 0.05) is 12.3 Å². The number of amides is 1. The van der Waals surface area contributed by atoms with E-state index in [1.54, 1.807) is 25.3 Å². The lowest BCUT2D eigenvalue weighted by Crippen LogP contribution is -2.14. The largest absolute Gasteiger partial charge is 0.497 e. The normalized spacial score (nSPS) is 10.0. The molecule has 21 heavy (non-hydrogen) atoms. The number of ether oxygens (including phenoxy) is 2. The average molecular weight is 308 g/mol. The van der Waals surface area contributed by atoms with E-state index >= 15 is 0 Å². The molecule has 0 saturated carbocycles. The first kappa shape index (κ1) is 14.9. The summed E-state index contributed by atoms with van der Waals surface area (Å²) in [6.07, 6.45) is 1.32. The van der Waals surface area contributed by atoms with Crippen LogP contribution < -0.4 is 20.5 Å². The highest BCUT2D eigenvalue weighted by Gasteiger charge is 2.12. The van der Waals surface area contributed by atoms with E-state index in [1.165, 1.54) is 19.4 Å². The number of carbonyl (C=O) groups is 1. The number of halogens is 1. The number of carbonyl (C=O) groups excluding carboxylic acids is 1. The van der Waals surface area contributed by atoms with Crippen LogP contribution in [-0.2, 0) is 0 Å². The minimum absolute atomic E-state index is 0.234. The van der Waals surface area contributed by atoms with Crippen molar-refractivity contribution in [3.63, 3.8) is 0 Å². The third-order valence-corrected chi connectivity index (χ3v) is 3.02. The number of nitrogens with zero attached hydrogens (tertiary/aromatic N) is 1. The molecule has 0 aliphatic carbocycles. The summed E-state index contributed by atoms with van der Waals surface area (Å²) in [5, 5.41) is 3.31. The fourth-order valence-corrected chi connectivity index (χ4v) is 1.93. The molecule has 110 valence electrons. The molecule has 0 aliphatic rings. The Morgan fingerprint density at radius 2 is 2.00 bits per heavy atom. The van der Waals surface area contributed by atoms with Crippen molar-refractivity contribution in [1.29, 1.82) is 0 Å². The molecule has 2 rings (SSSR count). The molecule has 0 fully saturated rings. The third kappa shape index (κ3) is 3.35. The smallest absolute Gasteiger partial charge is 0.252 e. The van der Waals surface area contributed by atoms with Gasteiger partial charge in [-0.15, -0.1) is 0 Å². The first-order chi connectivity index (χ1) is 10.0. The van der Waals surface area contributed by atoms with E-state index in [0.717, 1.165) is 0 Å². The zero-order valence-corrected chi connectivity index (χ0v) is 12.3. The summed E-state index contributed by atoms with van der Waals surface area (Å²) < 4.78 is 10.4. The Balaban J connectivity index is 2.42. The van der Waals surface area contributed by atoms with Crippen molar-refractivity contribution >= 4 is 28.9 Å². The molecule has 3 N–H and O–H groups in total. The van der Waals surface area contributed by atoms with Gasteiger partial charge >= 0.3 is 0 Å². The summed E-state index contributed by atoms with van der Waals surface area (Å²) >= 11 is 5.85. The maximum absolute atomic E-state index is 11.4. The molecule has 0 bridgehead atoms. The second-order valence-corrected chi connectivity index (χ2v) is 4.50. The van der Waals surface area contributed by atoms with Crippen LogP contribution in [0.25, 0.3) is 0 Å². The lowest BCUT2D eigenvalue weighted by molar-refractivity contribution is 0.100. The van der Waals surface area contributed by atoms with E-state index in [-0.39, 0.29) is 10.7 Å². The highest BCUT2D eigenvalue weighted by Crippen LogP contribution is 2.32. The van der Waals surface area contributed by atoms with Gasteiger partial charge in [-0.3, -0.25) is 4.79 Å². The monoisotopic (exact) mass is 307 g/mol. The molecule has 1 aromatic heterocycles. The van der Waals surface area contributed by atoms with Gasteiger partial charge in [0.25, 0.3) is 5.91 Å². The van der Waals surface area contributed by atoms with Gasteiger partial charge < -0.3 is 20.5 Å². The first-order valence-electron chi connectivity index (χ1n) is 5.99. The Kier molecular flexibility index (Phi) is 4.49. The van der Waals surface area contributed by atoms with Crippen molar-refractivity contribution < 1.29 is 14.3 Å². The van der Waals surface area contributed by atoms with Gasteiger partial charge in [0.05, 0.1) is 31.2 Å². The quantitative estimate of drug-likeness (QED) is 0.829. The van der Waals surface area contributed by atoms with Crippen LogP contribution in [0.5, 0.6) is 11.5 Å². The van der Waals surface area contributed by atoms with E-state index in [2.05, 4.69) is 10.3 Å². The van der Waals surface area contributed by atoms with Crippen LogP contribution in [0.2, 0.25) is 5.15 Å². The molecular weight excluding hydrogens is 294 g/mol. The number of hydrogen-bond acceptors (Lipinski definition) is 5. The van der Waals surface area contributed by atoms with Crippen molar-refractivity contribution in [2.24, 2.45) is 5.73 Å². The summed E-state index contributed by atoms with van der Waals surface area (Å²) in [5.74, 6) is 0.604. The van der Waals surface area contributed by atoms with Crippen LogP contribution in [0.4, 0.5) is 11.4 Å². The number of benzene rings is 1. The highest BCUT2D eigenvalue weighted by atomic mass is 35.5. The molecule has 0 radical (unpaired) electrons. The summed E-state index contributed by atoms with van der Waals surface area (Å²) in [7, 11) is 3.10. The number of nitrogens with two attached hydrogens (primary N) is 1. The molecule has 1 amide bonds. The molecular formula is C14H14ClN3O3. The van der Waals surface area contributed by atoms with E-state index in [1.807, 2.05) is 0 Å². The number of primary amides is 1. The summed E-state index contributed by atoms with van der Waals surface area (Å²) in [6, 6.07) is 6.76. The molecule has 0 spiro atoms. The molecule has 1 heterocycles. The maximum atomic E-state index is 11.4. The van der Waals surface area contributed by atoms with Crippen LogP contribution in [0.1, 0.15) is 10.4 Å². The Morgan fingerprint density at radius 3 is 2.62 bits per heavy atom. The number of pyridine rings is 1. The van der Waals surface area contributed by atoms with E-state index in [9.17, 15) is 4.79 Å². The molecule has 6 nitrogen and oxygen atoms in total. The fraction of sp³-hybridized carbons (Fsp3) is 0.143. The Morgan fingerprint density at radius 1 is 1.24 bits per heavy atom. The molecule has 2 aromatic rings. The number of aromatic nitrogens is 1. The molecule has 0 aliphatic heterocycles. The second kappa shape index (κ2) is 6.32. The van der Waals surface area contributed by atoms with E-state index < -0.39 is 5.91 Å². The predicted molar refractivity (Wildman–Crippen MR) is 80.6 cm³/mol. The number of rotatable bonds is 5. The average Bonchev–Trinajstić information content (AvgIpc) is 2.47. The molecule has 1 aromatic carbocycles. The summed E-state index contributed by atoms with van der Waals surface area (Å²) in [6.45, 7) is 0. The third-order valence-electron chi connectivity index (χ3n) is 2.81. The van der Waals surface area contributed by atoms with Crippen molar-refractivity contribution in [2.75, 3.05) is 19.5 Å². The summed E-state index contributed by atoms with van der Waals surface area (Å²) in [5.41, 5.74) is 6.65. The van der Waals surface area contributed by atoms with Gasteiger partial charge in [0.1, 0.15) is 16.7 Å². The van der Waals surface area contributed by atoms with Crippen LogP contribution in [0.3, 0.4) is 0 Å². The Labute approximate surface area is 126 Å². The number of hydrogen-bond donors (Lipinski definition) is 2. The number of nitrogens with one attached hydrogen (secondary N) is 1. The van der Waals surface area contributed by atoms with Crippen molar-refractivity contribution in [1.82, 2.24) is 4.98 Å². The van der Waals surface area contributed by atoms with E-state index in [0.29, 0.717) is 22.9 Å². The predicted octanol–water partition coefficient (Wildman–Crippen LogP) is 2.59. The number of anilines is 2. The Hall–Kier alpha value is -2.47. The maximum Gasteiger partial charge on any atom is 0.252 e. The molecule has 0 atom stereocenters. The Bertz CT molecular complexity index is 677. The summed E-state index contributed by atoms with van der Waals surface area (Å²) in [4.78, 5) is 15.3. The van der Waals surface area contributed by atoms with Crippen LogP contribution in [0, 0.1) is 0 Å². The second-order valence-electron chi connectivity index (χ2n) is 4.11. The van der Waals surface area contributed by atoms with Crippen LogP contribution >= 0.6 is 11.6 Å². The molecule has 0 unspecified atom stereocenters. The lowest BCUT2D eigenvalue weighted by atomic mass is 10.2. The van der Waals surface area contributed by atoms with Gasteiger partial charge in [-0.1, -0.05) is 11.6 Å².